The molecule has 1 saturated heterocycles. The number of aromatic nitrogens is 2. The van der Waals surface area contributed by atoms with Crippen LogP contribution in [-0.2, 0) is 0 Å². The van der Waals surface area contributed by atoms with Gasteiger partial charge in [0.15, 0.2) is 0 Å². The summed E-state index contributed by atoms with van der Waals surface area (Å²) in [4.78, 5) is 10.5. The first kappa shape index (κ1) is 19.4. The zero-order chi connectivity index (χ0) is 20.4. The van der Waals surface area contributed by atoms with Gasteiger partial charge >= 0.3 is 0 Å². The van der Waals surface area contributed by atoms with Gasteiger partial charge in [-0.15, -0.1) is 0 Å². The Morgan fingerprint density at radius 3 is 2.31 bits per heavy atom. The van der Waals surface area contributed by atoms with Crippen LogP contribution in [0.1, 0.15) is 24.5 Å². The zero-order valence-corrected chi connectivity index (χ0v) is 15.6. The van der Waals surface area contributed by atoms with E-state index >= 15 is 0 Å². The lowest BCUT2D eigenvalue weighted by Crippen LogP contribution is -2.36. The number of nitrogens with zero attached hydrogens (tertiary/aromatic N) is 3. The SMILES string of the molecule is O[C@H](c1ccc(-c2ccc(F)cc2F)cc1F)C1CCN(c2ncccn2)CC1. The fourth-order valence-corrected chi connectivity index (χ4v) is 3.78. The molecule has 150 valence electrons. The van der Waals surface area contributed by atoms with Gasteiger partial charge in [0, 0.05) is 42.7 Å². The molecular weight excluding hydrogens is 379 g/mol. The molecule has 0 amide bonds. The van der Waals surface area contributed by atoms with Gasteiger partial charge in [-0.3, -0.25) is 0 Å². The zero-order valence-electron chi connectivity index (χ0n) is 15.6. The summed E-state index contributed by atoms with van der Waals surface area (Å²) < 4.78 is 41.8. The van der Waals surface area contributed by atoms with Crippen LogP contribution in [0.25, 0.3) is 11.1 Å². The highest BCUT2D eigenvalue weighted by molar-refractivity contribution is 5.64. The lowest BCUT2D eigenvalue weighted by atomic mass is 9.86. The number of halogens is 3. The van der Waals surface area contributed by atoms with Gasteiger partial charge < -0.3 is 10.0 Å². The molecule has 0 saturated carbocycles. The van der Waals surface area contributed by atoms with Crippen molar-refractivity contribution in [2.45, 2.75) is 18.9 Å². The molecule has 0 radical (unpaired) electrons. The second kappa shape index (κ2) is 8.21. The quantitative estimate of drug-likeness (QED) is 0.701. The van der Waals surface area contributed by atoms with Gasteiger partial charge in [0.1, 0.15) is 17.5 Å². The molecular formula is C22H20F3N3O. The van der Waals surface area contributed by atoms with E-state index in [1.807, 2.05) is 4.90 Å². The molecule has 0 unspecified atom stereocenters. The normalized spacial score (nSPS) is 16.1. The summed E-state index contributed by atoms with van der Waals surface area (Å²) in [7, 11) is 0. The van der Waals surface area contributed by atoms with Crippen LogP contribution >= 0.6 is 0 Å². The van der Waals surface area contributed by atoms with E-state index in [1.54, 1.807) is 24.5 Å². The van der Waals surface area contributed by atoms with Crippen LogP contribution in [-0.4, -0.2) is 28.2 Å². The van der Waals surface area contributed by atoms with Crippen molar-refractivity contribution in [2.75, 3.05) is 18.0 Å². The van der Waals surface area contributed by atoms with Gasteiger partial charge in [0.25, 0.3) is 0 Å². The standard InChI is InChI=1S/C22H20F3N3O/c23-16-3-5-17(20(25)13-16)15-2-4-18(19(24)12-15)21(29)14-6-10-28(11-7-14)22-26-8-1-9-27-22/h1-5,8-9,12-14,21,29H,6-7,10-11H2/t21-/m0/s1. The molecule has 2 aromatic carbocycles. The Labute approximate surface area is 166 Å². The largest absolute Gasteiger partial charge is 0.388 e. The Bertz CT molecular complexity index is 992. The van der Waals surface area contributed by atoms with Crippen LogP contribution in [0, 0.1) is 23.4 Å². The molecule has 0 spiro atoms. The van der Waals surface area contributed by atoms with Crippen molar-refractivity contribution in [2.24, 2.45) is 5.92 Å². The number of benzene rings is 2. The number of aliphatic hydroxyl groups is 1. The van der Waals surface area contributed by atoms with Crippen LogP contribution in [0.4, 0.5) is 19.1 Å². The summed E-state index contributed by atoms with van der Waals surface area (Å²) in [6.45, 7) is 1.35. The first-order valence-corrected chi connectivity index (χ1v) is 9.48. The topological polar surface area (TPSA) is 49.2 Å². The van der Waals surface area contributed by atoms with E-state index < -0.39 is 23.6 Å². The molecule has 0 bridgehead atoms. The molecule has 7 heteroatoms. The van der Waals surface area contributed by atoms with Crippen LogP contribution in [0.2, 0.25) is 0 Å². The van der Waals surface area contributed by atoms with Crippen LogP contribution in [0.15, 0.2) is 54.9 Å². The fraction of sp³-hybridized carbons (Fsp3) is 0.273. The maximum atomic E-state index is 14.7. The monoisotopic (exact) mass is 399 g/mol. The van der Waals surface area contributed by atoms with E-state index in [0.717, 1.165) is 12.1 Å². The number of piperidine rings is 1. The summed E-state index contributed by atoms with van der Waals surface area (Å²) in [5.41, 5.74) is 0.597. The van der Waals surface area contributed by atoms with Crippen molar-refractivity contribution < 1.29 is 18.3 Å². The third kappa shape index (κ3) is 4.10. The number of hydrogen-bond acceptors (Lipinski definition) is 4. The van der Waals surface area contributed by atoms with Crippen molar-refractivity contribution in [3.05, 3.63) is 77.9 Å². The molecule has 1 N–H and O–H groups in total. The molecule has 1 aromatic heterocycles. The third-order valence-corrected chi connectivity index (χ3v) is 5.38. The van der Waals surface area contributed by atoms with Crippen molar-refractivity contribution >= 4 is 5.95 Å². The minimum atomic E-state index is -0.957. The van der Waals surface area contributed by atoms with E-state index in [2.05, 4.69) is 9.97 Å². The van der Waals surface area contributed by atoms with Gasteiger partial charge in [-0.2, -0.15) is 0 Å². The Balaban J connectivity index is 1.47. The van der Waals surface area contributed by atoms with E-state index in [9.17, 15) is 18.3 Å². The number of hydrogen-bond donors (Lipinski definition) is 1. The van der Waals surface area contributed by atoms with Crippen molar-refractivity contribution in [1.82, 2.24) is 9.97 Å². The molecule has 4 nitrogen and oxygen atoms in total. The highest BCUT2D eigenvalue weighted by atomic mass is 19.1. The number of rotatable bonds is 4. The smallest absolute Gasteiger partial charge is 0.225 e. The maximum Gasteiger partial charge on any atom is 0.225 e. The lowest BCUT2D eigenvalue weighted by Gasteiger charge is -2.34. The average molecular weight is 399 g/mol. The summed E-state index contributed by atoms with van der Waals surface area (Å²) in [5.74, 6) is -1.50. The molecule has 29 heavy (non-hydrogen) atoms. The first-order valence-electron chi connectivity index (χ1n) is 9.48. The highest BCUT2D eigenvalue weighted by Crippen LogP contribution is 2.34. The van der Waals surface area contributed by atoms with Crippen molar-refractivity contribution in [3.63, 3.8) is 0 Å². The summed E-state index contributed by atoms with van der Waals surface area (Å²) in [6, 6.07) is 9.13. The fourth-order valence-electron chi connectivity index (χ4n) is 3.78. The van der Waals surface area contributed by atoms with Gasteiger partial charge in [0.05, 0.1) is 6.10 Å². The Kier molecular flexibility index (Phi) is 5.49. The Morgan fingerprint density at radius 2 is 1.66 bits per heavy atom. The predicted molar refractivity (Wildman–Crippen MR) is 104 cm³/mol. The first-order chi connectivity index (χ1) is 14.0. The molecule has 3 aromatic rings. The minimum Gasteiger partial charge on any atom is -0.388 e. The summed E-state index contributed by atoms with van der Waals surface area (Å²) in [5, 5.41) is 10.7. The highest BCUT2D eigenvalue weighted by Gasteiger charge is 2.29. The molecule has 1 fully saturated rings. The van der Waals surface area contributed by atoms with Crippen LogP contribution in [0.3, 0.4) is 0 Å². The number of aliphatic hydroxyl groups excluding tert-OH is 1. The van der Waals surface area contributed by atoms with Gasteiger partial charge in [-0.25, -0.2) is 23.1 Å². The van der Waals surface area contributed by atoms with E-state index in [-0.39, 0.29) is 17.0 Å². The van der Waals surface area contributed by atoms with Crippen LogP contribution in [0.5, 0.6) is 0 Å². The van der Waals surface area contributed by atoms with E-state index in [1.165, 1.54) is 18.2 Å². The van der Waals surface area contributed by atoms with Gasteiger partial charge in [-0.05, 0) is 48.6 Å². The van der Waals surface area contributed by atoms with Gasteiger partial charge in [0.2, 0.25) is 5.95 Å². The van der Waals surface area contributed by atoms with Crippen molar-refractivity contribution in [3.8, 4) is 11.1 Å². The number of anilines is 1. The molecule has 1 aliphatic heterocycles. The van der Waals surface area contributed by atoms with Crippen molar-refractivity contribution in [1.29, 1.82) is 0 Å². The summed E-state index contributed by atoms with van der Waals surface area (Å²) >= 11 is 0. The molecule has 1 atom stereocenters. The second-order valence-electron chi connectivity index (χ2n) is 7.18. The minimum absolute atomic E-state index is 0.0992. The Hall–Kier alpha value is -2.93. The predicted octanol–water partition coefficient (Wildman–Crippen LogP) is 4.51. The average Bonchev–Trinajstić information content (AvgIpc) is 2.74. The molecule has 4 rings (SSSR count). The molecule has 1 aliphatic rings. The van der Waals surface area contributed by atoms with E-state index in [0.29, 0.717) is 37.4 Å². The Morgan fingerprint density at radius 1 is 0.931 bits per heavy atom. The van der Waals surface area contributed by atoms with Crippen LogP contribution < -0.4 is 4.90 Å². The third-order valence-electron chi connectivity index (χ3n) is 5.38. The maximum absolute atomic E-state index is 14.7. The van der Waals surface area contributed by atoms with E-state index in [4.69, 9.17) is 0 Å². The van der Waals surface area contributed by atoms with Gasteiger partial charge in [-0.1, -0.05) is 12.1 Å². The summed E-state index contributed by atoms with van der Waals surface area (Å²) in [6.07, 6.45) is 3.76. The molecule has 2 heterocycles. The molecule has 0 aliphatic carbocycles. The second-order valence-corrected chi connectivity index (χ2v) is 7.18. The lowest BCUT2D eigenvalue weighted by molar-refractivity contribution is 0.0894.